The van der Waals surface area contributed by atoms with Gasteiger partial charge < -0.3 is 10.1 Å². The number of carbonyl (C=O) groups excluding carboxylic acids is 1. The molecular weight excluding hydrogens is 318 g/mol. The van der Waals surface area contributed by atoms with Crippen LogP contribution in [0.25, 0.3) is 0 Å². The molecule has 0 spiro atoms. The van der Waals surface area contributed by atoms with E-state index in [-0.39, 0.29) is 5.91 Å². The van der Waals surface area contributed by atoms with Crippen LogP contribution in [0.15, 0.2) is 53.0 Å². The molecule has 0 fully saturated rings. The van der Waals surface area contributed by atoms with Crippen LogP contribution in [0.4, 0.5) is 5.69 Å². The summed E-state index contributed by atoms with van der Waals surface area (Å²) in [7, 11) is 1.60. The number of methoxy groups -OCH3 is 1. The zero-order valence-electron chi connectivity index (χ0n) is 11.2. The lowest BCUT2D eigenvalue weighted by molar-refractivity contribution is -0.116. The van der Waals surface area contributed by atoms with Gasteiger partial charge in [0.25, 0.3) is 0 Å². The van der Waals surface area contributed by atoms with E-state index >= 15 is 0 Å². The van der Waals surface area contributed by atoms with E-state index in [0.29, 0.717) is 12.2 Å². The van der Waals surface area contributed by atoms with Crippen molar-refractivity contribution in [2.75, 3.05) is 12.4 Å². The van der Waals surface area contributed by atoms with Gasteiger partial charge in [-0.15, -0.1) is 0 Å². The first kappa shape index (κ1) is 14.6. The van der Waals surface area contributed by atoms with Gasteiger partial charge in [-0.2, -0.15) is 0 Å². The number of rotatable bonds is 5. The zero-order chi connectivity index (χ0) is 14.4. The highest BCUT2D eigenvalue weighted by Gasteiger charge is 2.06. The zero-order valence-corrected chi connectivity index (χ0v) is 12.8. The van der Waals surface area contributed by atoms with E-state index in [9.17, 15) is 4.79 Å². The average Bonchev–Trinajstić information content (AvgIpc) is 2.48. The maximum absolute atomic E-state index is 11.9. The van der Waals surface area contributed by atoms with Crippen LogP contribution in [0.1, 0.15) is 12.0 Å². The number of anilines is 1. The van der Waals surface area contributed by atoms with Gasteiger partial charge >= 0.3 is 0 Å². The van der Waals surface area contributed by atoms with E-state index in [1.807, 2.05) is 42.5 Å². The van der Waals surface area contributed by atoms with Crippen molar-refractivity contribution in [3.05, 3.63) is 58.6 Å². The van der Waals surface area contributed by atoms with Gasteiger partial charge in [-0.05, 0) is 40.0 Å². The van der Waals surface area contributed by atoms with Gasteiger partial charge in [-0.25, -0.2) is 0 Å². The van der Waals surface area contributed by atoms with Crippen LogP contribution in [-0.4, -0.2) is 13.0 Å². The fourth-order valence-corrected chi connectivity index (χ4v) is 2.27. The molecule has 0 aliphatic carbocycles. The van der Waals surface area contributed by atoms with E-state index in [1.54, 1.807) is 13.2 Å². The van der Waals surface area contributed by atoms with Crippen molar-refractivity contribution in [3.63, 3.8) is 0 Å². The van der Waals surface area contributed by atoms with Crippen LogP contribution < -0.4 is 10.1 Å². The monoisotopic (exact) mass is 333 g/mol. The Kier molecular flexibility index (Phi) is 5.18. The molecule has 1 amide bonds. The highest BCUT2D eigenvalue weighted by Crippen LogP contribution is 2.27. The molecular formula is C16H16BrNO2. The first-order valence-electron chi connectivity index (χ1n) is 6.36. The maximum Gasteiger partial charge on any atom is 0.224 e. The smallest absolute Gasteiger partial charge is 0.224 e. The molecule has 3 nitrogen and oxygen atoms in total. The van der Waals surface area contributed by atoms with Gasteiger partial charge in [0.15, 0.2) is 0 Å². The fourth-order valence-electron chi connectivity index (χ4n) is 1.86. The molecule has 20 heavy (non-hydrogen) atoms. The number of ether oxygens (including phenoxy) is 1. The Hall–Kier alpha value is -1.81. The molecule has 1 N–H and O–H groups in total. The second-order valence-electron chi connectivity index (χ2n) is 4.38. The molecule has 0 atom stereocenters. The highest BCUT2D eigenvalue weighted by atomic mass is 79.9. The Labute approximate surface area is 127 Å². The number of benzene rings is 2. The van der Waals surface area contributed by atoms with Crippen molar-refractivity contribution in [2.24, 2.45) is 0 Å². The van der Waals surface area contributed by atoms with Gasteiger partial charge in [-0.1, -0.05) is 30.3 Å². The molecule has 4 heteroatoms. The van der Waals surface area contributed by atoms with Crippen molar-refractivity contribution in [3.8, 4) is 5.75 Å². The van der Waals surface area contributed by atoms with E-state index in [1.165, 1.54) is 0 Å². The average molecular weight is 334 g/mol. The number of carbonyl (C=O) groups is 1. The molecule has 0 aliphatic rings. The Morgan fingerprint density at radius 2 is 1.95 bits per heavy atom. The molecule has 2 aromatic rings. The normalized spacial score (nSPS) is 10.1. The summed E-state index contributed by atoms with van der Waals surface area (Å²) in [6.07, 6.45) is 1.20. The molecule has 0 bridgehead atoms. The summed E-state index contributed by atoms with van der Waals surface area (Å²) < 4.78 is 6.06. The van der Waals surface area contributed by atoms with Crippen molar-refractivity contribution in [2.45, 2.75) is 12.8 Å². The quantitative estimate of drug-likeness (QED) is 0.897. The molecule has 104 valence electrons. The molecule has 0 unspecified atom stereocenters. The second-order valence-corrected chi connectivity index (χ2v) is 5.24. The Bertz CT molecular complexity index is 584. The number of aryl methyl sites for hydroxylation is 1. The van der Waals surface area contributed by atoms with Crippen molar-refractivity contribution in [1.82, 2.24) is 0 Å². The molecule has 0 radical (unpaired) electrons. The predicted octanol–water partition coefficient (Wildman–Crippen LogP) is 4.03. The third-order valence-electron chi connectivity index (χ3n) is 2.92. The van der Waals surface area contributed by atoms with Crippen LogP contribution in [0.3, 0.4) is 0 Å². The van der Waals surface area contributed by atoms with Crippen molar-refractivity contribution < 1.29 is 9.53 Å². The van der Waals surface area contributed by atoms with Crippen molar-refractivity contribution >= 4 is 27.5 Å². The summed E-state index contributed by atoms with van der Waals surface area (Å²) in [4.78, 5) is 11.9. The lowest BCUT2D eigenvalue weighted by Gasteiger charge is -2.08. The maximum atomic E-state index is 11.9. The molecule has 2 aromatic carbocycles. The Morgan fingerprint density at radius 3 is 2.65 bits per heavy atom. The van der Waals surface area contributed by atoms with Crippen LogP contribution in [0.5, 0.6) is 5.75 Å². The summed E-state index contributed by atoms with van der Waals surface area (Å²) >= 11 is 3.38. The number of nitrogens with one attached hydrogen (secondary N) is 1. The van der Waals surface area contributed by atoms with Gasteiger partial charge in [0, 0.05) is 18.2 Å². The highest BCUT2D eigenvalue weighted by molar-refractivity contribution is 9.10. The minimum atomic E-state index is -0.00164. The van der Waals surface area contributed by atoms with Gasteiger partial charge in [0.05, 0.1) is 11.6 Å². The summed E-state index contributed by atoms with van der Waals surface area (Å²) in [5.74, 6) is 0.698. The molecule has 0 aliphatic heterocycles. The molecule has 0 saturated carbocycles. The minimum Gasteiger partial charge on any atom is -0.495 e. The van der Waals surface area contributed by atoms with E-state index < -0.39 is 0 Å². The Morgan fingerprint density at radius 1 is 1.20 bits per heavy atom. The largest absolute Gasteiger partial charge is 0.495 e. The first-order valence-corrected chi connectivity index (χ1v) is 7.15. The number of hydrogen-bond donors (Lipinski definition) is 1. The molecule has 2 rings (SSSR count). The van der Waals surface area contributed by atoms with Crippen LogP contribution >= 0.6 is 15.9 Å². The standard InChI is InChI=1S/C16H16BrNO2/c1-20-15-11-13(8-9-14(15)17)18-16(19)10-7-12-5-3-2-4-6-12/h2-6,8-9,11H,7,10H2,1H3,(H,18,19). The first-order chi connectivity index (χ1) is 9.69. The van der Waals surface area contributed by atoms with Gasteiger partial charge in [0.1, 0.15) is 5.75 Å². The summed E-state index contributed by atoms with van der Waals surface area (Å²) in [6, 6.07) is 15.5. The van der Waals surface area contributed by atoms with E-state index in [4.69, 9.17) is 4.74 Å². The fraction of sp³-hybridized carbons (Fsp3) is 0.188. The third kappa shape index (κ3) is 4.10. The van der Waals surface area contributed by atoms with E-state index in [0.717, 1.165) is 22.1 Å². The summed E-state index contributed by atoms with van der Waals surface area (Å²) in [6.45, 7) is 0. The van der Waals surface area contributed by atoms with E-state index in [2.05, 4.69) is 21.2 Å². The van der Waals surface area contributed by atoms with Crippen LogP contribution in [0.2, 0.25) is 0 Å². The molecule has 0 heterocycles. The van der Waals surface area contributed by atoms with Crippen LogP contribution in [0, 0.1) is 0 Å². The van der Waals surface area contributed by atoms with Gasteiger partial charge in [-0.3, -0.25) is 4.79 Å². The third-order valence-corrected chi connectivity index (χ3v) is 3.57. The topological polar surface area (TPSA) is 38.3 Å². The summed E-state index contributed by atoms with van der Waals surface area (Å²) in [5.41, 5.74) is 1.90. The van der Waals surface area contributed by atoms with Crippen LogP contribution in [-0.2, 0) is 11.2 Å². The number of amides is 1. The number of hydrogen-bond acceptors (Lipinski definition) is 2. The number of halogens is 1. The van der Waals surface area contributed by atoms with Gasteiger partial charge in [0.2, 0.25) is 5.91 Å². The molecule has 0 aromatic heterocycles. The predicted molar refractivity (Wildman–Crippen MR) is 84.1 cm³/mol. The lowest BCUT2D eigenvalue weighted by atomic mass is 10.1. The lowest BCUT2D eigenvalue weighted by Crippen LogP contribution is -2.12. The Balaban J connectivity index is 1.91. The SMILES string of the molecule is COc1cc(NC(=O)CCc2ccccc2)ccc1Br. The minimum absolute atomic E-state index is 0.00164. The van der Waals surface area contributed by atoms with Crippen molar-refractivity contribution in [1.29, 1.82) is 0 Å². The molecule has 0 saturated heterocycles. The summed E-state index contributed by atoms with van der Waals surface area (Å²) in [5, 5.41) is 2.87. The second kappa shape index (κ2) is 7.10.